The van der Waals surface area contributed by atoms with Crippen LogP contribution < -0.4 is 0 Å². The zero-order chi connectivity index (χ0) is 13.2. The monoisotopic (exact) mass is 256 g/mol. The van der Waals surface area contributed by atoms with Gasteiger partial charge in [-0.1, -0.05) is 18.2 Å². The minimum atomic E-state index is -0.249. The lowest BCUT2D eigenvalue weighted by Crippen LogP contribution is -1.97. The van der Waals surface area contributed by atoms with Crippen LogP contribution in [0.3, 0.4) is 0 Å². The van der Waals surface area contributed by atoms with Crippen LogP contribution in [0.2, 0.25) is 0 Å². The molecule has 96 valence electrons. The Labute approximate surface area is 110 Å². The van der Waals surface area contributed by atoms with Gasteiger partial charge in [0.2, 0.25) is 0 Å². The van der Waals surface area contributed by atoms with E-state index < -0.39 is 0 Å². The number of hydrogen-bond donors (Lipinski definition) is 1. The highest BCUT2D eigenvalue weighted by Gasteiger charge is 2.11. The summed E-state index contributed by atoms with van der Waals surface area (Å²) in [7, 11) is 0. The van der Waals surface area contributed by atoms with Crippen LogP contribution in [0, 0.1) is 5.82 Å². The van der Waals surface area contributed by atoms with Crippen LogP contribution in [0.5, 0.6) is 0 Å². The molecular weight excluding hydrogens is 243 g/mol. The first-order chi connectivity index (χ1) is 9.28. The number of nitrogens with zero attached hydrogens (tertiary/aromatic N) is 2. The molecule has 2 aromatic heterocycles. The van der Waals surface area contributed by atoms with E-state index in [1.807, 2.05) is 28.8 Å². The van der Waals surface area contributed by atoms with Crippen molar-refractivity contribution in [3.63, 3.8) is 0 Å². The molecule has 0 amide bonds. The summed E-state index contributed by atoms with van der Waals surface area (Å²) in [4.78, 5) is 4.51. The maximum atomic E-state index is 12.9. The average molecular weight is 256 g/mol. The summed E-state index contributed by atoms with van der Waals surface area (Å²) in [6.07, 6.45) is 2.46. The molecule has 0 saturated carbocycles. The van der Waals surface area contributed by atoms with Gasteiger partial charge in [-0.15, -0.1) is 0 Å². The first-order valence-electron chi connectivity index (χ1n) is 6.08. The van der Waals surface area contributed by atoms with E-state index in [0.29, 0.717) is 6.42 Å². The number of fused-ring (bicyclic) bond motifs is 1. The van der Waals surface area contributed by atoms with Crippen LogP contribution in [0.25, 0.3) is 5.65 Å². The number of imidazole rings is 1. The molecule has 0 fully saturated rings. The highest BCUT2D eigenvalue weighted by Crippen LogP contribution is 2.17. The number of halogens is 1. The topological polar surface area (TPSA) is 37.5 Å². The quantitative estimate of drug-likeness (QED) is 0.782. The van der Waals surface area contributed by atoms with Gasteiger partial charge in [0.15, 0.2) is 0 Å². The summed E-state index contributed by atoms with van der Waals surface area (Å²) in [6, 6.07) is 12.0. The van der Waals surface area contributed by atoms with E-state index >= 15 is 0 Å². The molecule has 3 aromatic rings. The summed E-state index contributed by atoms with van der Waals surface area (Å²) >= 11 is 0. The molecular formula is C15H13FN2O. The van der Waals surface area contributed by atoms with Crippen molar-refractivity contribution in [2.75, 3.05) is 0 Å². The summed E-state index contributed by atoms with van der Waals surface area (Å²) in [5, 5.41) is 9.51. The smallest absolute Gasteiger partial charge is 0.137 e. The number of benzene rings is 1. The van der Waals surface area contributed by atoms with Crippen LogP contribution in [0.15, 0.2) is 48.7 Å². The second-order valence-electron chi connectivity index (χ2n) is 4.40. The van der Waals surface area contributed by atoms with E-state index in [1.165, 1.54) is 12.1 Å². The molecule has 0 aliphatic carbocycles. The largest absolute Gasteiger partial charge is 0.390 e. The van der Waals surface area contributed by atoms with Crippen LogP contribution in [-0.4, -0.2) is 14.5 Å². The van der Waals surface area contributed by atoms with Crippen molar-refractivity contribution in [1.82, 2.24) is 9.38 Å². The molecule has 1 N–H and O–H groups in total. The zero-order valence-electron chi connectivity index (χ0n) is 10.3. The Morgan fingerprint density at radius 3 is 2.63 bits per heavy atom. The number of hydrogen-bond acceptors (Lipinski definition) is 2. The maximum absolute atomic E-state index is 12.9. The molecule has 0 saturated heterocycles. The van der Waals surface area contributed by atoms with E-state index in [-0.39, 0.29) is 12.4 Å². The van der Waals surface area contributed by atoms with Crippen molar-refractivity contribution < 1.29 is 9.50 Å². The fraction of sp³-hybridized carbons (Fsp3) is 0.133. The fourth-order valence-electron chi connectivity index (χ4n) is 2.20. The lowest BCUT2D eigenvalue weighted by Gasteiger charge is -2.02. The molecule has 0 aliphatic heterocycles. The van der Waals surface area contributed by atoms with Crippen LogP contribution in [0.1, 0.15) is 17.0 Å². The Balaban J connectivity index is 2.02. The van der Waals surface area contributed by atoms with Crippen molar-refractivity contribution >= 4 is 5.65 Å². The van der Waals surface area contributed by atoms with Crippen molar-refractivity contribution in [1.29, 1.82) is 0 Å². The van der Waals surface area contributed by atoms with Crippen molar-refractivity contribution in [3.8, 4) is 0 Å². The van der Waals surface area contributed by atoms with Crippen molar-refractivity contribution in [2.45, 2.75) is 13.0 Å². The number of rotatable bonds is 3. The summed E-state index contributed by atoms with van der Waals surface area (Å²) < 4.78 is 14.8. The standard InChI is InChI=1S/C15H13FN2O/c16-12-6-4-11(5-7-12)9-13-14(10-19)18-8-2-1-3-15(18)17-13/h1-8,19H,9-10H2. The Morgan fingerprint density at radius 2 is 1.89 bits per heavy atom. The van der Waals surface area contributed by atoms with E-state index in [4.69, 9.17) is 0 Å². The Bertz CT molecular complexity index is 704. The third-order valence-corrected chi connectivity index (χ3v) is 3.15. The minimum Gasteiger partial charge on any atom is -0.390 e. The second kappa shape index (κ2) is 4.82. The molecule has 3 nitrogen and oxygen atoms in total. The molecule has 0 bridgehead atoms. The Kier molecular flexibility index (Phi) is 3.01. The van der Waals surface area contributed by atoms with Crippen LogP contribution in [0.4, 0.5) is 4.39 Å². The fourth-order valence-corrected chi connectivity index (χ4v) is 2.20. The Morgan fingerprint density at radius 1 is 1.11 bits per heavy atom. The van der Waals surface area contributed by atoms with Gasteiger partial charge < -0.3 is 9.51 Å². The number of aliphatic hydroxyl groups excluding tert-OH is 1. The lowest BCUT2D eigenvalue weighted by atomic mass is 10.1. The lowest BCUT2D eigenvalue weighted by molar-refractivity contribution is 0.274. The molecule has 0 radical (unpaired) electrons. The second-order valence-corrected chi connectivity index (χ2v) is 4.40. The SMILES string of the molecule is OCc1c(Cc2ccc(F)cc2)nc2ccccn12. The summed E-state index contributed by atoms with van der Waals surface area (Å²) in [5.41, 5.74) is 3.38. The number of aromatic nitrogens is 2. The van der Waals surface area contributed by atoms with Gasteiger partial charge in [0.05, 0.1) is 18.0 Å². The molecule has 1 aromatic carbocycles. The van der Waals surface area contributed by atoms with Gasteiger partial charge in [-0.05, 0) is 29.8 Å². The van der Waals surface area contributed by atoms with Gasteiger partial charge in [0.25, 0.3) is 0 Å². The first kappa shape index (κ1) is 11.9. The van der Waals surface area contributed by atoms with Crippen LogP contribution >= 0.6 is 0 Å². The summed E-state index contributed by atoms with van der Waals surface area (Å²) in [5.74, 6) is -0.249. The highest BCUT2D eigenvalue weighted by atomic mass is 19.1. The molecule has 0 unspecified atom stereocenters. The van der Waals surface area contributed by atoms with Gasteiger partial charge in [0.1, 0.15) is 11.5 Å². The van der Waals surface area contributed by atoms with Crippen molar-refractivity contribution in [2.24, 2.45) is 0 Å². The van der Waals surface area contributed by atoms with E-state index in [0.717, 1.165) is 22.6 Å². The van der Waals surface area contributed by atoms with Gasteiger partial charge in [0, 0.05) is 12.6 Å². The average Bonchev–Trinajstić information content (AvgIpc) is 2.78. The number of aliphatic hydroxyl groups is 1. The predicted molar refractivity (Wildman–Crippen MR) is 70.3 cm³/mol. The van der Waals surface area contributed by atoms with Gasteiger partial charge in [-0.25, -0.2) is 9.37 Å². The Hall–Kier alpha value is -2.20. The normalized spacial score (nSPS) is 11.1. The zero-order valence-corrected chi connectivity index (χ0v) is 10.3. The van der Waals surface area contributed by atoms with Crippen LogP contribution in [-0.2, 0) is 13.0 Å². The molecule has 19 heavy (non-hydrogen) atoms. The third kappa shape index (κ3) is 2.22. The van der Waals surface area contributed by atoms with Gasteiger partial charge >= 0.3 is 0 Å². The summed E-state index contributed by atoms with van der Waals surface area (Å²) in [6.45, 7) is -0.0677. The molecule has 4 heteroatoms. The minimum absolute atomic E-state index is 0.0677. The molecule has 2 heterocycles. The molecule has 0 aliphatic rings. The molecule has 0 atom stereocenters. The van der Waals surface area contributed by atoms with E-state index in [2.05, 4.69) is 4.98 Å². The number of pyridine rings is 1. The van der Waals surface area contributed by atoms with E-state index in [1.54, 1.807) is 12.1 Å². The van der Waals surface area contributed by atoms with E-state index in [9.17, 15) is 9.50 Å². The molecule has 0 spiro atoms. The third-order valence-electron chi connectivity index (χ3n) is 3.15. The van der Waals surface area contributed by atoms with Crippen molar-refractivity contribution in [3.05, 3.63) is 71.4 Å². The van der Waals surface area contributed by atoms with Gasteiger partial charge in [-0.3, -0.25) is 0 Å². The highest BCUT2D eigenvalue weighted by molar-refractivity contribution is 5.44. The maximum Gasteiger partial charge on any atom is 0.137 e. The molecule has 3 rings (SSSR count). The first-order valence-corrected chi connectivity index (χ1v) is 6.08. The predicted octanol–water partition coefficient (Wildman–Crippen LogP) is 2.56. The van der Waals surface area contributed by atoms with Gasteiger partial charge in [-0.2, -0.15) is 0 Å².